The van der Waals surface area contributed by atoms with E-state index in [4.69, 9.17) is 4.74 Å². The van der Waals surface area contributed by atoms with Crippen LogP contribution in [0.25, 0.3) is 11.0 Å². The van der Waals surface area contributed by atoms with Gasteiger partial charge in [-0.15, -0.1) is 0 Å². The second kappa shape index (κ2) is 6.02. The van der Waals surface area contributed by atoms with Gasteiger partial charge in [-0.1, -0.05) is 0 Å². The summed E-state index contributed by atoms with van der Waals surface area (Å²) in [7, 11) is 1.94. The van der Waals surface area contributed by atoms with Gasteiger partial charge in [0.15, 0.2) is 0 Å². The van der Waals surface area contributed by atoms with Crippen molar-refractivity contribution in [1.29, 1.82) is 0 Å². The summed E-state index contributed by atoms with van der Waals surface area (Å²) >= 11 is 0. The van der Waals surface area contributed by atoms with Gasteiger partial charge in [-0.3, -0.25) is 4.79 Å². The molecule has 0 N–H and O–H groups in total. The zero-order chi connectivity index (χ0) is 16.6. The summed E-state index contributed by atoms with van der Waals surface area (Å²) in [5.74, 6) is 0.762. The lowest BCUT2D eigenvalue weighted by molar-refractivity contribution is -0.127. The molecule has 3 rings (SSSR count). The zero-order valence-corrected chi connectivity index (χ0v) is 13.7. The molecule has 6 heteroatoms. The summed E-state index contributed by atoms with van der Waals surface area (Å²) in [5.41, 5.74) is 2.26. The van der Waals surface area contributed by atoms with Gasteiger partial charge >= 0.3 is 5.97 Å². The average Bonchev–Trinajstić information content (AvgIpc) is 3.04. The van der Waals surface area contributed by atoms with Gasteiger partial charge in [0, 0.05) is 32.5 Å². The molecule has 122 valence electrons. The molecule has 1 atom stereocenters. The Labute approximate surface area is 135 Å². The minimum atomic E-state index is -0.363. The molecule has 1 fully saturated rings. The number of aryl methyl sites for hydroxylation is 2. The molecule has 2 heterocycles. The van der Waals surface area contributed by atoms with Crippen LogP contribution in [0.15, 0.2) is 18.2 Å². The number of rotatable bonds is 4. The third kappa shape index (κ3) is 2.93. The van der Waals surface area contributed by atoms with Crippen molar-refractivity contribution in [3.05, 3.63) is 29.6 Å². The number of hydrogen-bond acceptors (Lipinski definition) is 4. The number of ether oxygens (including phenoxy) is 1. The Kier molecular flexibility index (Phi) is 4.07. The van der Waals surface area contributed by atoms with E-state index in [0.29, 0.717) is 25.1 Å². The topological polar surface area (TPSA) is 64.4 Å². The third-order valence-corrected chi connectivity index (χ3v) is 4.47. The molecule has 1 saturated heterocycles. The molecular formula is C17H21N3O3. The normalized spacial score (nSPS) is 18.0. The molecule has 1 aromatic heterocycles. The number of fused-ring (bicyclic) bond motifs is 1. The highest BCUT2D eigenvalue weighted by atomic mass is 16.5. The van der Waals surface area contributed by atoms with Gasteiger partial charge in [-0.05, 0) is 32.0 Å². The number of hydrogen-bond donors (Lipinski definition) is 0. The fraction of sp³-hybridized carbons (Fsp3) is 0.471. The summed E-state index contributed by atoms with van der Waals surface area (Å²) in [4.78, 5) is 30.1. The van der Waals surface area contributed by atoms with Crippen LogP contribution in [0.2, 0.25) is 0 Å². The Balaban J connectivity index is 1.66. The number of aromatic nitrogens is 2. The fourth-order valence-electron chi connectivity index (χ4n) is 3.00. The standard InChI is InChI=1S/C17H21N3O3/c1-4-20-9-12(7-16(20)21)10-23-17(22)13-5-6-15-14(8-13)18-11(2)19(15)3/h5-6,8,12H,4,7,9-10H2,1-3H3. The van der Waals surface area contributed by atoms with Gasteiger partial charge in [-0.2, -0.15) is 0 Å². The van der Waals surface area contributed by atoms with E-state index in [1.165, 1.54) is 0 Å². The first-order chi connectivity index (χ1) is 11.0. The largest absolute Gasteiger partial charge is 0.462 e. The minimum Gasteiger partial charge on any atom is -0.462 e. The first-order valence-corrected chi connectivity index (χ1v) is 7.87. The van der Waals surface area contributed by atoms with Crippen LogP contribution in [-0.4, -0.2) is 46.0 Å². The van der Waals surface area contributed by atoms with Crippen molar-refractivity contribution in [2.75, 3.05) is 19.7 Å². The number of likely N-dealkylation sites (tertiary alicyclic amines) is 1. The number of amides is 1. The maximum atomic E-state index is 12.2. The maximum Gasteiger partial charge on any atom is 0.338 e. The molecule has 0 aliphatic carbocycles. The van der Waals surface area contributed by atoms with E-state index in [-0.39, 0.29) is 24.4 Å². The molecule has 1 aliphatic heterocycles. The smallest absolute Gasteiger partial charge is 0.338 e. The summed E-state index contributed by atoms with van der Waals surface area (Å²) in [6, 6.07) is 5.39. The molecule has 1 amide bonds. The van der Waals surface area contributed by atoms with E-state index in [2.05, 4.69) is 4.98 Å². The lowest BCUT2D eigenvalue weighted by atomic mass is 10.1. The zero-order valence-electron chi connectivity index (χ0n) is 13.7. The molecule has 6 nitrogen and oxygen atoms in total. The van der Waals surface area contributed by atoms with Crippen LogP contribution in [0, 0.1) is 12.8 Å². The number of esters is 1. The Hall–Kier alpha value is -2.37. The van der Waals surface area contributed by atoms with Crippen LogP contribution in [0.5, 0.6) is 0 Å². The molecule has 1 aliphatic rings. The van der Waals surface area contributed by atoms with E-state index in [9.17, 15) is 9.59 Å². The minimum absolute atomic E-state index is 0.0900. The van der Waals surface area contributed by atoms with Gasteiger partial charge in [0.1, 0.15) is 5.82 Å². The molecule has 0 spiro atoms. The first kappa shape index (κ1) is 15.5. The highest BCUT2D eigenvalue weighted by Gasteiger charge is 2.29. The van der Waals surface area contributed by atoms with Crippen molar-refractivity contribution in [2.24, 2.45) is 13.0 Å². The molecule has 2 aromatic rings. The van der Waals surface area contributed by atoms with E-state index < -0.39 is 0 Å². The van der Waals surface area contributed by atoms with Gasteiger partial charge in [0.25, 0.3) is 0 Å². The molecule has 0 radical (unpaired) electrons. The number of benzene rings is 1. The van der Waals surface area contributed by atoms with E-state index in [0.717, 1.165) is 16.9 Å². The van der Waals surface area contributed by atoms with Crippen molar-refractivity contribution in [1.82, 2.24) is 14.5 Å². The monoisotopic (exact) mass is 315 g/mol. The van der Waals surface area contributed by atoms with Crippen LogP contribution in [0.4, 0.5) is 0 Å². The van der Waals surface area contributed by atoms with Gasteiger partial charge in [0.05, 0.1) is 23.2 Å². The summed E-state index contributed by atoms with van der Waals surface area (Å²) in [5, 5.41) is 0. The average molecular weight is 315 g/mol. The summed E-state index contributed by atoms with van der Waals surface area (Å²) in [6.45, 7) is 5.53. The van der Waals surface area contributed by atoms with Crippen molar-refractivity contribution in [3.8, 4) is 0 Å². The quantitative estimate of drug-likeness (QED) is 0.809. The van der Waals surface area contributed by atoms with Gasteiger partial charge in [0.2, 0.25) is 5.91 Å². The summed E-state index contributed by atoms with van der Waals surface area (Å²) in [6.07, 6.45) is 0.458. The molecule has 0 bridgehead atoms. The second-order valence-corrected chi connectivity index (χ2v) is 6.02. The Morgan fingerprint density at radius 2 is 2.22 bits per heavy atom. The van der Waals surface area contributed by atoms with Crippen LogP contribution in [0.1, 0.15) is 29.5 Å². The molecule has 0 saturated carbocycles. The van der Waals surface area contributed by atoms with Crippen LogP contribution < -0.4 is 0 Å². The van der Waals surface area contributed by atoms with Gasteiger partial charge < -0.3 is 14.2 Å². The second-order valence-electron chi connectivity index (χ2n) is 6.02. The lowest BCUT2D eigenvalue weighted by Crippen LogP contribution is -2.25. The van der Waals surface area contributed by atoms with Crippen molar-refractivity contribution in [2.45, 2.75) is 20.3 Å². The Bertz CT molecular complexity index is 766. The van der Waals surface area contributed by atoms with E-state index >= 15 is 0 Å². The highest BCUT2D eigenvalue weighted by molar-refractivity contribution is 5.93. The third-order valence-electron chi connectivity index (χ3n) is 4.47. The predicted octanol–water partition coefficient (Wildman–Crippen LogP) is 1.91. The van der Waals surface area contributed by atoms with E-state index in [1.807, 2.05) is 31.5 Å². The molecule has 23 heavy (non-hydrogen) atoms. The molecule has 1 aromatic carbocycles. The number of nitrogens with zero attached hydrogens (tertiary/aromatic N) is 3. The van der Waals surface area contributed by atoms with Crippen molar-refractivity contribution in [3.63, 3.8) is 0 Å². The van der Waals surface area contributed by atoms with Gasteiger partial charge in [-0.25, -0.2) is 9.78 Å². The van der Waals surface area contributed by atoms with Crippen LogP contribution >= 0.6 is 0 Å². The maximum absolute atomic E-state index is 12.2. The van der Waals surface area contributed by atoms with Crippen molar-refractivity contribution >= 4 is 22.9 Å². The first-order valence-electron chi connectivity index (χ1n) is 7.87. The van der Waals surface area contributed by atoms with Crippen molar-refractivity contribution < 1.29 is 14.3 Å². The van der Waals surface area contributed by atoms with Crippen LogP contribution in [0.3, 0.4) is 0 Å². The summed E-state index contributed by atoms with van der Waals surface area (Å²) < 4.78 is 7.37. The SMILES string of the molecule is CCN1CC(COC(=O)c2ccc3c(c2)nc(C)n3C)CC1=O. The van der Waals surface area contributed by atoms with E-state index in [1.54, 1.807) is 17.0 Å². The highest BCUT2D eigenvalue weighted by Crippen LogP contribution is 2.20. The number of carbonyl (C=O) groups excluding carboxylic acids is 2. The Morgan fingerprint density at radius 3 is 2.91 bits per heavy atom. The van der Waals surface area contributed by atoms with Crippen LogP contribution in [-0.2, 0) is 16.6 Å². The number of imidazole rings is 1. The molecular weight excluding hydrogens is 294 g/mol. The lowest BCUT2D eigenvalue weighted by Gasteiger charge is -2.13. The number of carbonyl (C=O) groups is 2. The fourth-order valence-corrected chi connectivity index (χ4v) is 3.00. The molecule has 1 unspecified atom stereocenters. The predicted molar refractivity (Wildman–Crippen MR) is 86.1 cm³/mol. The Morgan fingerprint density at radius 1 is 1.43 bits per heavy atom.